The molecule has 0 aliphatic heterocycles. The van der Waals surface area contributed by atoms with E-state index in [1.807, 2.05) is 10.6 Å². The Labute approximate surface area is 141 Å². The van der Waals surface area contributed by atoms with Gasteiger partial charge in [0.15, 0.2) is 5.65 Å². The van der Waals surface area contributed by atoms with Crippen LogP contribution in [0.2, 0.25) is 15.1 Å². The number of halogens is 4. The molecule has 0 saturated heterocycles. The summed E-state index contributed by atoms with van der Waals surface area (Å²) in [5.41, 5.74) is 2.26. The number of imidazole rings is 1. The zero-order chi connectivity index (χ0) is 15.0. The fraction of sp³-hybridized carbons (Fsp3) is 0.143. The lowest BCUT2D eigenvalue weighted by Gasteiger charge is -2.09. The van der Waals surface area contributed by atoms with Crippen molar-refractivity contribution in [3.8, 4) is 5.69 Å². The van der Waals surface area contributed by atoms with Gasteiger partial charge in [-0.15, -0.1) is 11.6 Å². The fourth-order valence-corrected chi connectivity index (χ4v) is 2.75. The van der Waals surface area contributed by atoms with E-state index in [4.69, 9.17) is 46.4 Å². The van der Waals surface area contributed by atoms with E-state index in [-0.39, 0.29) is 0 Å². The van der Waals surface area contributed by atoms with Gasteiger partial charge < -0.3 is 0 Å². The molecule has 3 rings (SSSR count). The predicted molar refractivity (Wildman–Crippen MR) is 88.3 cm³/mol. The number of hydrogen-bond donors (Lipinski definition) is 0. The van der Waals surface area contributed by atoms with Crippen molar-refractivity contribution in [3.05, 3.63) is 51.4 Å². The Balaban J connectivity index is 2.27. The number of fused-ring (bicyclic) bond motifs is 1. The summed E-state index contributed by atoms with van der Waals surface area (Å²) in [4.78, 5) is 8.91. The van der Waals surface area contributed by atoms with Gasteiger partial charge in [0.25, 0.3) is 0 Å². The van der Waals surface area contributed by atoms with Crippen LogP contribution in [0.3, 0.4) is 0 Å². The molecule has 7 heteroatoms. The Morgan fingerprint density at radius 2 is 1.86 bits per heavy atom. The van der Waals surface area contributed by atoms with E-state index in [0.717, 1.165) is 11.5 Å². The smallest absolute Gasteiger partial charge is 0.164 e. The number of benzene rings is 1. The normalized spacial score (nSPS) is 11.2. The van der Waals surface area contributed by atoms with Gasteiger partial charge in [-0.1, -0.05) is 34.8 Å². The second kappa shape index (κ2) is 6.01. The second-order valence-electron chi connectivity index (χ2n) is 4.40. The summed E-state index contributed by atoms with van der Waals surface area (Å²) in [6, 6.07) is 7.16. The minimum atomic E-state index is 0.457. The van der Waals surface area contributed by atoms with Crippen LogP contribution >= 0.6 is 46.4 Å². The number of alkyl halides is 1. The molecule has 0 N–H and O–H groups in total. The van der Waals surface area contributed by atoms with Gasteiger partial charge in [0.05, 0.1) is 20.8 Å². The molecule has 0 aliphatic rings. The number of hydrogen-bond acceptors (Lipinski definition) is 2. The number of pyridine rings is 1. The molecule has 0 spiro atoms. The summed E-state index contributed by atoms with van der Waals surface area (Å²) in [5.74, 6) is 1.26. The van der Waals surface area contributed by atoms with Gasteiger partial charge in [-0.3, -0.25) is 4.57 Å². The lowest BCUT2D eigenvalue weighted by Crippen LogP contribution is -2.03. The average molecular weight is 361 g/mol. The molecular weight excluding hydrogens is 352 g/mol. The van der Waals surface area contributed by atoms with Crippen LogP contribution in [-0.4, -0.2) is 20.4 Å². The summed E-state index contributed by atoms with van der Waals surface area (Å²) >= 11 is 23.9. The Hall–Kier alpha value is -1.000. The van der Waals surface area contributed by atoms with Crippen LogP contribution < -0.4 is 0 Å². The van der Waals surface area contributed by atoms with Gasteiger partial charge >= 0.3 is 0 Å². The fourth-order valence-electron chi connectivity index (χ4n) is 2.13. The highest BCUT2D eigenvalue weighted by atomic mass is 35.5. The molecule has 0 bridgehead atoms. The number of aryl methyl sites for hydroxylation is 1. The van der Waals surface area contributed by atoms with Crippen molar-refractivity contribution in [3.63, 3.8) is 0 Å². The Bertz CT molecular complexity index is 813. The van der Waals surface area contributed by atoms with E-state index in [1.165, 1.54) is 0 Å². The molecule has 0 radical (unpaired) electrons. The van der Waals surface area contributed by atoms with Crippen LogP contribution in [0.4, 0.5) is 0 Å². The maximum absolute atomic E-state index is 6.10. The maximum Gasteiger partial charge on any atom is 0.164 e. The first-order valence-corrected chi connectivity index (χ1v) is 7.81. The van der Waals surface area contributed by atoms with E-state index in [2.05, 4.69) is 9.97 Å². The SMILES string of the molecule is ClCCc1nc2cc(Cl)cnc2n1-c1ccc(Cl)c(Cl)c1. The molecule has 0 aliphatic carbocycles. The van der Waals surface area contributed by atoms with E-state index in [1.54, 1.807) is 24.4 Å². The standard InChI is InChI=1S/C14H9Cl4N3/c15-4-3-13-20-12-5-8(16)7-19-14(12)21(13)9-1-2-10(17)11(18)6-9/h1-2,5-7H,3-4H2. The van der Waals surface area contributed by atoms with Gasteiger partial charge in [0.1, 0.15) is 11.3 Å². The molecule has 0 amide bonds. The third-order valence-electron chi connectivity index (χ3n) is 3.01. The van der Waals surface area contributed by atoms with Crippen molar-refractivity contribution in [1.82, 2.24) is 14.5 Å². The highest BCUT2D eigenvalue weighted by Crippen LogP contribution is 2.28. The topological polar surface area (TPSA) is 30.7 Å². The van der Waals surface area contributed by atoms with E-state index >= 15 is 0 Å². The van der Waals surface area contributed by atoms with Gasteiger partial charge in [-0.2, -0.15) is 0 Å². The lowest BCUT2D eigenvalue weighted by atomic mass is 10.3. The first kappa shape index (κ1) is 14.9. The van der Waals surface area contributed by atoms with Crippen LogP contribution in [0, 0.1) is 0 Å². The largest absolute Gasteiger partial charge is 0.281 e. The van der Waals surface area contributed by atoms with E-state index in [0.29, 0.717) is 38.5 Å². The molecule has 0 atom stereocenters. The number of nitrogens with zero attached hydrogens (tertiary/aromatic N) is 3. The number of rotatable bonds is 3. The van der Waals surface area contributed by atoms with Crippen molar-refractivity contribution in [2.45, 2.75) is 6.42 Å². The van der Waals surface area contributed by atoms with Crippen LogP contribution in [0.25, 0.3) is 16.9 Å². The van der Waals surface area contributed by atoms with E-state index < -0.39 is 0 Å². The molecule has 108 valence electrons. The molecule has 21 heavy (non-hydrogen) atoms. The Kier molecular flexibility index (Phi) is 4.27. The van der Waals surface area contributed by atoms with Crippen molar-refractivity contribution in [2.24, 2.45) is 0 Å². The highest BCUT2D eigenvalue weighted by molar-refractivity contribution is 6.42. The zero-order valence-electron chi connectivity index (χ0n) is 10.7. The maximum atomic E-state index is 6.10. The van der Waals surface area contributed by atoms with Gasteiger partial charge in [-0.05, 0) is 24.3 Å². The third kappa shape index (κ3) is 2.84. The summed E-state index contributed by atoms with van der Waals surface area (Å²) in [6.45, 7) is 0. The van der Waals surface area contributed by atoms with Crippen molar-refractivity contribution >= 4 is 57.6 Å². The quantitative estimate of drug-likeness (QED) is 0.604. The zero-order valence-corrected chi connectivity index (χ0v) is 13.7. The van der Waals surface area contributed by atoms with Gasteiger partial charge in [0.2, 0.25) is 0 Å². The summed E-state index contributed by atoms with van der Waals surface area (Å²) in [6.07, 6.45) is 2.19. The van der Waals surface area contributed by atoms with Crippen molar-refractivity contribution < 1.29 is 0 Å². The second-order valence-corrected chi connectivity index (χ2v) is 6.03. The number of aromatic nitrogens is 3. The monoisotopic (exact) mass is 359 g/mol. The molecule has 0 saturated carbocycles. The molecule has 3 nitrogen and oxygen atoms in total. The molecule has 2 aromatic heterocycles. The first-order chi connectivity index (χ1) is 10.1. The van der Waals surface area contributed by atoms with E-state index in [9.17, 15) is 0 Å². The molecule has 3 aromatic rings. The Morgan fingerprint density at radius 3 is 2.57 bits per heavy atom. The summed E-state index contributed by atoms with van der Waals surface area (Å²) < 4.78 is 1.91. The molecule has 0 fully saturated rings. The van der Waals surface area contributed by atoms with Gasteiger partial charge in [-0.25, -0.2) is 9.97 Å². The van der Waals surface area contributed by atoms with Crippen LogP contribution in [0.1, 0.15) is 5.82 Å². The summed E-state index contributed by atoms with van der Waals surface area (Å²) in [7, 11) is 0. The minimum Gasteiger partial charge on any atom is -0.281 e. The molecule has 1 aromatic carbocycles. The highest BCUT2D eigenvalue weighted by Gasteiger charge is 2.14. The molecular formula is C14H9Cl4N3. The average Bonchev–Trinajstić information content (AvgIpc) is 2.79. The first-order valence-electron chi connectivity index (χ1n) is 6.14. The van der Waals surface area contributed by atoms with Crippen LogP contribution in [0.5, 0.6) is 0 Å². The molecule has 2 heterocycles. The van der Waals surface area contributed by atoms with Crippen molar-refractivity contribution in [1.29, 1.82) is 0 Å². The van der Waals surface area contributed by atoms with Gasteiger partial charge in [0, 0.05) is 18.5 Å². The van der Waals surface area contributed by atoms with Crippen LogP contribution in [-0.2, 0) is 6.42 Å². The van der Waals surface area contributed by atoms with Crippen molar-refractivity contribution in [2.75, 3.05) is 5.88 Å². The lowest BCUT2D eigenvalue weighted by molar-refractivity contribution is 0.905. The van der Waals surface area contributed by atoms with Crippen LogP contribution in [0.15, 0.2) is 30.5 Å². The predicted octanol–water partition coefficient (Wildman–Crippen LogP) is 5.16. The third-order valence-corrected chi connectivity index (χ3v) is 4.15. The minimum absolute atomic E-state index is 0.457. The summed E-state index contributed by atoms with van der Waals surface area (Å²) in [5, 5.41) is 1.51. The molecule has 0 unspecified atom stereocenters. The Morgan fingerprint density at radius 1 is 1.05 bits per heavy atom.